The molecule has 0 radical (unpaired) electrons. The van der Waals surface area contributed by atoms with Crippen molar-refractivity contribution in [1.29, 1.82) is 0 Å². The van der Waals surface area contributed by atoms with E-state index in [4.69, 9.17) is 0 Å². The van der Waals surface area contributed by atoms with Gasteiger partial charge in [0, 0.05) is 44.6 Å². The van der Waals surface area contributed by atoms with Crippen molar-refractivity contribution in [2.75, 3.05) is 19.6 Å². The van der Waals surface area contributed by atoms with Crippen molar-refractivity contribution in [2.24, 2.45) is 7.05 Å². The number of aromatic nitrogens is 2. The number of hydrogen-bond acceptors (Lipinski definition) is 3. The summed E-state index contributed by atoms with van der Waals surface area (Å²) in [5, 5.41) is 3.29. The molecule has 1 saturated heterocycles. The molecule has 0 aliphatic carbocycles. The molecule has 0 spiro atoms. The van der Waals surface area contributed by atoms with E-state index in [1.165, 1.54) is 24.3 Å². The second-order valence-corrected chi connectivity index (χ2v) is 5.12. The molecular formula is C15H18ClFN4O. The smallest absolute Gasteiger partial charge is 0.254 e. The van der Waals surface area contributed by atoms with Gasteiger partial charge in [-0.25, -0.2) is 9.37 Å². The first kappa shape index (κ1) is 16.5. The first-order valence-corrected chi connectivity index (χ1v) is 6.91. The van der Waals surface area contributed by atoms with Gasteiger partial charge in [0.15, 0.2) is 0 Å². The Morgan fingerprint density at radius 3 is 2.73 bits per heavy atom. The molecule has 3 rings (SSSR count). The molecule has 0 saturated carbocycles. The number of carbonyl (C=O) groups is 1. The number of halogens is 2. The Hall–Kier alpha value is -1.92. The lowest BCUT2D eigenvalue weighted by Crippen LogP contribution is -2.49. The molecule has 1 N–H and O–H groups in total. The van der Waals surface area contributed by atoms with E-state index in [1.807, 2.05) is 17.8 Å². The molecule has 22 heavy (non-hydrogen) atoms. The lowest BCUT2D eigenvalue weighted by atomic mass is 10.1. The fraction of sp³-hybridized carbons (Fsp3) is 0.333. The number of benzene rings is 1. The lowest BCUT2D eigenvalue weighted by Gasteiger charge is -2.35. The van der Waals surface area contributed by atoms with E-state index in [0.29, 0.717) is 18.7 Å². The third kappa shape index (κ3) is 3.13. The van der Waals surface area contributed by atoms with Crippen LogP contribution in [-0.4, -0.2) is 40.0 Å². The number of carbonyl (C=O) groups excluding carboxylic acids is 1. The molecule has 1 amide bonds. The maximum Gasteiger partial charge on any atom is 0.254 e. The van der Waals surface area contributed by atoms with Crippen molar-refractivity contribution < 1.29 is 9.18 Å². The highest BCUT2D eigenvalue weighted by Gasteiger charge is 2.30. The Kier molecular flexibility index (Phi) is 5.15. The zero-order valence-electron chi connectivity index (χ0n) is 12.2. The highest BCUT2D eigenvalue weighted by Crippen LogP contribution is 2.22. The number of rotatable bonds is 2. The van der Waals surface area contributed by atoms with Gasteiger partial charge in [0.05, 0.1) is 0 Å². The molecule has 1 aromatic carbocycles. The van der Waals surface area contributed by atoms with E-state index in [1.54, 1.807) is 11.1 Å². The maximum atomic E-state index is 13.0. The van der Waals surface area contributed by atoms with E-state index in [-0.39, 0.29) is 30.2 Å². The fourth-order valence-electron chi connectivity index (χ4n) is 2.63. The third-order valence-electron chi connectivity index (χ3n) is 3.75. The van der Waals surface area contributed by atoms with Crippen LogP contribution in [0.3, 0.4) is 0 Å². The summed E-state index contributed by atoms with van der Waals surface area (Å²) >= 11 is 0. The quantitative estimate of drug-likeness (QED) is 0.916. The minimum atomic E-state index is -0.340. The molecule has 1 fully saturated rings. The topological polar surface area (TPSA) is 50.2 Å². The molecule has 118 valence electrons. The summed E-state index contributed by atoms with van der Waals surface area (Å²) in [6, 6.07) is 5.55. The van der Waals surface area contributed by atoms with Gasteiger partial charge in [-0.05, 0) is 24.3 Å². The number of nitrogens with one attached hydrogen (secondary N) is 1. The van der Waals surface area contributed by atoms with Gasteiger partial charge < -0.3 is 14.8 Å². The monoisotopic (exact) mass is 324 g/mol. The average molecular weight is 325 g/mol. The van der Waals surface area contributed by atoms with Crippen LogP contribution in [-0.2, 0) is 7.05 Å². The number of imidazole rings is 1. The standard InChI is InChI=1S/C15H17FN4O.ClH/c1-19-8-7-18-14(19)13-10-17-6-9-20(13)15(21)11-2-4-12(16)5-3-11;/h2-5,7-8,13,17H,6,9-10H2,1H3;1H. The van der Waals surface area contributed by atoms with Crippen LogP contribution in [0.25, 0.3) is 0 Å². The molecule has 1 aromatic heterocycles. The Morgan fingerprint density at radius 1 is 1.36 bits per heavy atom. The van der Waals surface area contributed by atoms with Gasteiger partial charge in [-0.3, -0.25) is 4.79 Å². The van der Waals surface area contributed by atoms with Crippen molar-refractivity contribution in [1.82, 2.24) is 19.8 Å². The lowest BCUT2D eigenvalue weighted by molar-refractivity contribution is 0.0621. The third-order valence-corrected chi connectivity index (χ3v) is 3.75. The van der Waals surface area contributed by atoms with Gasteiger partial charge in [0.1, 0.15) is 17.7 Å². The summed E-state index contributed by atoms with van der Waals surface area (Å²) in [4.78, 5) is 18.8. The maximum absolute atomic E-state index is 13.0. The fourth-order valence-corrected chi connectivity index (χ4v) is 2.63. The molecular weight excluding hydrogens is 307 g/mol. The molecule has 0 bridgehead atoms. The van der Waals surface area contributed by atoms with Gasteiger partial charge in [0.2, 0.25) is 0 Å². The number of aryl methyl sites for hydroxylation is 1. The molecule has 2 aromatic rings. The van der Waals surface area contributed by atoms with Crippen LogP contribution in [0.4, 0.5) is 4.39 Å². The van der Waals surface area contributed by atoms with Crippen LogP contribution in [0.2, 0.25) is 0 Å². The second kappa shape index (κ2) is 6.89. The van der Waals surface area contributed by atoms with Gasteiger partial charge in [-0.2, -0.15) is 0 Å². The predicted octanol–water partition coefficient (Wildman–Crippen LogP) is 1.77. The van der Waals surface area contributed by atoms with Crippen LogP contribution in [0.1, 0.15) is 22.2 Å². The van der Waals surface area contributed by atoms with Crippen LogP contribution in [0, 0.1) is 5.82 Å². The Bertz CT molecular complexity index is 643. The second-order valence-electron chi connectivity index (χ2n) is 5.12. The predicted molar refractivity (Wildman–Crippen MR) is 83.5 cm³/mol. The SMILES string of the molecule is Cl.Cn1ccnc1C1CNCCN1C(=O)c1ccc(F)cc1. The number of amides is 1. The summed E-state index contributed by atoms with van der Waals surface area (Å²) in [6.07, 6.45) is 3.59. The summed E-state index contributed by atoms with van der Waals surface area (Å²) in [6.45, 7) is 2.01. The Balaban J connectivity index is 0.00000176. The zero-order chi connectivity index (χ0) is 14.8. The van der Waals surface area contributed by atoms with Crippen molar-refractivity contribution in [2.45, 2.75) is 6.04 Å². The Morgan fingerprint density at radius 2 is 2.09 bits per heavy atom. The van der Waals surface area contributed by atoms with Crippen molar-refractivity contribution in [3.63, 3.8) is 0 Å². The van der Waals surface area contributed by atoms with Crippen molar-refractivity contribution in [3.05, 3.63) is 53.9 Å². The van der Waals surface area contributed by atoms with E-state index < -0.39 is 0 Å². The zero-order valence-corrected chi connectivity index (χ0v) is 13.0. The van der Waals surface area contributed by atoms with Gasteiger partial charge in [-0.15, -0.1) is 12.4 Å². The van der Waals surface area contributed by atoms with E-state index >= 15 is 0 Å². The van der Waals surface area contributed by atoms with Gasteiger partial charge in [0.25, 0.3) is 5.91 Å². The minimum absolute atomic E-state index is 0. The number of piperazine rings is 1. The first-order chi connectivity index (χ1) is 10.2. The van der Waals surface area contributed by atoms with Crippen molar-refractivity contribution in [3.8, 4) is 0 Å². The number of hydrogen-bond donors (Lipinski definition) is 1. The minimum Gasteiger partial charge on any atom is -0.336 e. The van der Waals surface area contributed by atoms with Crippen molar-refractivity contribution >= 4 is 18.3 Å². The van der Waals surface area contributed by atoms with E-state index in [0.717, 1.165) is 12.4 Å². The molecule has 5 nitrogen and oxygen atoms in total. The first-order valence-electron chi connectivity index (χ1n) is 6.91. The van der Waals surface area contributed by atoms with Crippen LogP contribution in [0.5, 0.6) is 0 Å². The van der Waals surface area contributed by atoms with E-state index in [9.17, 15) is 9.18 Å². The summed E-state index contributed by atoms with van der Waals surface area (Å²) in [7, 11) is 1.91. The molecule has 1 aliphatic rings. The largest absolute Gasteiger partial charge is 0.336 e. The Labute approximate surface area is 134 Å². The van der Waals surface area contributed by atoms with Crippen LogP contribution < -0.4 is 5.32 Å². The van der Waals surface area contributed by atoms with Gasteiger partial charge in [-0.1, -0.05) is 0 Å². The highest BCUT2D eigenvalue weighted by atomic mass is 35.5. The molecule has 1 atom stereocenters. The number of nitrogens with zero attached hydrogens (tertiary/aromatic N) is 3. The average Bonchev–Trinajstić information content (AvgIpc) is 2.93. The summed E-state index contributed by atoms with van der Waals surface area (Å²) in [5.41, 5.74) is 0.498. The van der Waals surface area contributed by atoms with E-state index in [2.05, 4.69) is 10.3 Å². The van der Waals surface area contributed by atoms with Gasteiger partial charge >= 0.3 is 0 Å². The normalized spacial score (nSPS) is 17.9. The molecule has 1 aliphatic heterocycles. The molecule has 2 heterocycles. The van der Waals surface area contributed by atoms with Crippen LogP contribution in [0.15, 0.2) is 36.7 Å². The molecule has 1 unspecified atom stereocenters. The molecule has 7 heteroatoms. The highest BCUT2D eigenvalue weighted by molar-refractivity contribution is 5.94. The summed E-state index contributed by atoms with van der Waals surface area (Å²) in [5.74, 6) is 0.412. The van der Waals surface area contributed by atoms with Crippen LogP contribution >= 0.6 is 12.4 Å². The summed E-state index contributed by atoms with van der Waals surface area (Å²) < 4.78 is 14.9.